The molecular formula is C13H24N2O2. The SMILES string of the molecule is CC1CCCC(N2CCN(CC(=O)O)CC2)C1. The molecule has 2 atom stereocenters. The standard InChI is InChI=1S/C13H24N2O2/c1-11-3-2-4-12(9-11)15-7-5-14(6-8-15)10-13(16)17/h11-12H,2-10H2,1H3,(H,16,17). The summed E-state index contributed by atoms with van der Waals surface area (Å²) in [7, 11) is 0. The van der Waals surface area contributed by atoms with Gasteiger partial charge in [0.25, 0.3) is 0 Å². The van der Waals surface area contributed by atoms with Gasteiger partial charge in [-0.1, -0.05) is 19.8 Å². The summed E-state index contributed by atoms with van der Waals surface area (Å²) in [4.78, 5) is 15.3. The first-order chi connectivity index (χ1) is 8.15. The molecule has 1 heterocycles. The Morgan fingerprint density at radius 2 is 1.94 bits per heavy atom. The molecule has 2 fully saturated rings. The monoisotopic (exact) mass is 240 g/mol. The van der Waals surface area contributed by atoms with Crippen LogP contribution in [0.3, 0.4) is 0 Å². The van der Waals surface area contributed by atoms with Gasteiger partial charge in [0.1, 0.15) is 0 Å². The quantitative estimate of drug-likeness (QED) is 0.807. The van der Waals surface area contributed by atoms with Crippen molar-refractivity contribution in [2.45, 2.75) is 38.6 Å². The Bertz CT molecular complexity index is 262. The second-order valence-electron chi connectivity index (χ2n) is 5.63. The topological polar surface area (TPSA) is 43.8 Å². The van der Waals surface area contributed by atoms with Gasteiger partial charge in [0.15, 0.2) is 0 Å². The van der Waals surface area contributed by atoms with E-state index in [-0.39, 0.29) is 6.54 Å². The third-order valence-corrected chi connectivity index (χ3v) is 4.19. The molecule has 2 aliphatic rings. The molecule has 0 aromatic carbocycles. The van der Waals surface area contributed by atoms with Gasteiger partial charge in [-0.3, -0.25) is 14.6 Å². The lowest BCUT2D eigenvalue weighted by Gasteiger charge is -2.41. The molecule has 4 nitrogen and oxygen atoms in total. The predicted octanol–water partition coefficient (Wildman–Crippen LogP) is 1.27. The first kappa shape index (κ1) is 12.8. The van der Waals surface area contributed by atoms with Gasteiger partial charge in [-0.05, 0) is 18.8 Å². The zero-order valence-electron chi connectivity index (χ0n) is 10.8. The van der Waals surface area contributed by atoms with E-state index in [1.807, 2.05) is 4.90 Å². The minimum atomic E-state index is -0.704. The molecule has 0 aromatic heterocycles. The largest absolute Gasteiger partial charge is 0.480 e. The minimum absolute atomic E-state index is 0.203. The molecule has 1 N–H and O–H groups in total. The summed E-state index contributed by atoms with van der Waals surface area (Å²) in [6.07, 6.45) is 5.42. The van der Waals surface area contributed by atoms with E-state index < -0.39 is 5.97 Å². The molecule has 98 valence electrons. The van der Waals surface area contributed by atoms with E-state index in [2.05, 4.69) is 11.8 Å². The third kappa shape index (κ3) is 3.68. The Labute approximate surface area is 104 Å². The van der Waals surface area contributed by atoms with Crippen LogP contribution in [0.25, 0.3) is 0 Å². The highest BCUT2D eigenvalue weighted by molar-refractivity contribution is 5.69. The smallest absolute Gasteiger partial charge is 0.317 e. The normalized spacial score (nSPS) is 32.5. The predicted molar refractivity (Wildman–Crippen MR) is 67.1 cm³/mol. The first-order valence-electron chi connectivity index (χ1n) is 6.83. The van der Waals surface area contributed by atoms with Gasteiger partial charge >= 0.3 is 5.97 Å². The van der Waals surface area contributed by atoms with Crippen LogP contribution in [-0.4, -0.2) is 59.6 Å². The number of rotatable bonds is 3. The summed E-state index contributed by atoms with van der Waals surface area (Å²) < 4.78 is 0. The lowest BCUT2D eigenvalue weighted by Crippen LogP contribution is -2.52. The summed E-state index contributed by atoms with van der Waals surface area (Å²) in [6.45, 7) is 6.48. The van der Waals surface area contributed by atoms with Crippen molar-refractivity contribution in [2.75, 3.05) is 32.7 Å². The Hall–Kier alpha value is -0.610. The number of hydrogen-bond acceptors (Lipinski definition) is 3. The van der Waals surface area contributed by atoms with Crippen LogP contribution in [0.5, 0.6) is 0 Å². The molecule has 2 rings (SSSR count). The van der Waals surface area contributed by atoms with Crippen molar-refractivity contribution >= 4 is 5.97 Å². The van der Waals surface area contributed by atoms with Crippen LogP contribution in [0.15, 0.2) is 0 Å². The van der Waals surface area contributed by atoms with Crippen molar-refractivity contribution in [1.29, 1.82) is 0 Å². The summed E-state index contributed by atoms with van der Waals surface area (Å²) >= 11 is 0. The molecule has 2 unspecified atom stereocenters. The number of carbonyl (C=O) groups is 1. The molecule has 1 saturated carbocycles. The van der Waals surface area contributed by atoms with Crippen molar-refractivity contribution in [2.24, 2.45) is 5.92 Å². The Kier molecular flexibility index (Phi) is 4.40. The fraction of sp³-hybridized carbons (Fsp3) is 0.923. The maximum Gasteiger partial charge on any atom is 0.317 e. The Morgan fingerprint density at radius 1 is 1.24 bits per heavy atom. The molecule has 0 bridgehead atoms. The van der Waals surface area contributed by atoms with Gasteiger partial charge in [0, 0.05) is 32.2 Å². The second-order valence-corrected chi connectivity index (χ2v) is 5.63. The number of carboxylic acid groups (broad SMARTS) is 1. The van der Waals surface area contributed by atoms with Crippen molar-refractivity contribution < 1.29 is 9.90 Å². The zero-order chi connectivity index (χ0) is 12.3. The van der Waals surface area contributed by atoms with Gasteiger partial charge < -0.3 is 5.11 Å². The fourth-order valence-electron chi connectivity index (χ4n) is 3.21. The maximum atomic E-state index is 10.6. The van der Waals surface area contributed by atoms with Crippen LogP contribution >= 0.6 is 0 Å². The molecule has 0 spiro atoms. The Balaban J connectivity index is 1.76. The lowest BCUT2D eigenvalue weighted by atomic mass is 9.86. The number of hydrogen-bond donors (Lipinski definition) is 1. The molecular weight excluding hydrogens is 216 g/mol. The number of carboxylic acids is 1. The van der Waals surface area contributed by atoms with Gasteiger partial charge in [-0.15, -0.1) is 0 Å². The molecule has 0 radical (unpaired) electrons. The van der Waals surface area contributed by atoms with Crippen molar-refractivity contribution in [3.8, 4) is 0 Å². The van der Waals surface area contributed by atoms with Gasteiger partial charge in [-0.2, -0.15) is 0 Å². The summed E-state index contributed by atoms with van der Waals surface area (Å²) in [6, 6.07) is 0.755. The highest BCUT2D eigenvalue weighted by Crippen LogP contribution is 2.27. The van der Waals surface area contributed by atoms with Crippen LogP contribution in [-0.2, 0) is 4.79 Å². The molecule has 0 amide bonds. The van der Waals surface area contributed by atoms with E-state index in [1.165, 1.54) is 25.7 Å². The van der Waals surface area contributed by atoms with Gasteiger partial charge in [-0.25, -0.2) is 0 Å². The molecule has 1 aliphatic heterocycles. The zero-order valence-corrected chi connectivity index (χ0v) is 10.8. The van der Waals surface area contributed by atoms with Crippen LogP contribution < -0.4 is 0 Å². The first-order valence-corrected chi connectivity index (χ1v) is 6.83. The molecule has 4 heteroatoms. The van der Waals surface area contributed by atoms with Crippen molar-refractivity contribution in [3.05, 3.63) is 0 Å². The van der Waals surface area contributed by atoms with E-state index in [4.69, 9.17) is 5.11 Å². The number of nitrogens with zero attached hydrogens (tertiary/aromatic N) is 2. The maximum absolute atomic E-state index is 10.6. The van der Waals surface area contributed by atoms with Crippen LogP contribution in [0.1, 0.15) is 32.6 Å². The van der Waals surface area contributed by atoms with Crippen molar-refractivity contribution in [3.63, 3.8) is 0 Å². The summed E-state index contributed by atoms with van der Waals surface area (Å²) in [5.41, 5.74) is 0. The van der Waals surface area contributed by atoms with Crippen LogP contribution in [0.2, 0.25) is 0 Å². The number of piperazine rings is 1. The van der Waals surface area contributed by atoms with E-state index >= 15 is 0 Å². The number of aliphatic carboxylic acids is 1. The minimum Gasteiger partial charge on any atom is -0.480 e. The van der Waals surface area contributed by atoms with Crippen molar-refractivity contribution in [1.82, 2.24) is 9.80 Å². The Morgan fingerprint density at radius 3 is 2.53 bits per heavy atom. The molecule has 0 aromatic rings. The van der Waals surface area contributed by atoms with Crippen LogP contribution in [0, 0.1) is 5.92 Å². The second kappa shape index (κ2) is 5.83. The van der Waals surface area contributed by atoms with Gasteiger partial charge in [0.2, 0.25) is 0 Å². The average Bonchev–Trinajstić information content (AvgIpc) is 2.29. The van der Waals surface area contributed by atoms with E-state index in [9.17, 15) is 4.79 Å². The molecule has 1 saturated heterocycles. The van der Waals surface area contributed by atoms with E-state index in [0.717, 1.165) is 38.1 Å². The summed E-state index contributed by atoms with van der Waals surface area (Å²) in [5.74, 6) is 0.163. The highest BCUT2D eigenvalue weighted by atomic mass is 16.4. The molecule has 1 aliphatic carbocycles. The van der Waals surface area contributed by atoms with E-state index in [1.54, 1.807) is 0 Å². The fourth-order valence-corrected chi connectivity index (χ4v) is 3.21. The lowest BCUT2D eigenvalue weighted by molar-refractivity contribution is -0.138. The van der Waals surface area contributed by atoms with Gasteiger partial charge in [0.05, 0.1) is 6.54 Å². The summed E-state index contributed by atoms with van der Waals surface area (Å²) in [5, 5.41) is 8.76. The van der Waals surface area contributed by atoms with Crippen LogP contribution in [0.4, 0.5) is 0 Å². The third-order valence-electron chi connectivity index (χ3n) is 4.19. The average molecular weight is 240 g/mol. The molecule has 17 heavy (non-hydrogen) atoms. The highest BCUT2D eigenvalue weighted by Gasteiger charge is 2.27. The van der Waals surface area contributed by atoms with E-state index in [0.29, 0.717) is 0 Å².